The molecule has 4 saturated carbocycles. The summed E-state index contributed by atoms with van der Waals surface area (Å²) < 4.78 is 0. The zero-order chi connectivity index (χ0) is 20.1. The average Bonchev–Trinajstić information content (AvgIpc) is 2.91. The number of hydrogen-bond donors (Lipinski definition) is 0. The first kappa shape index (κ1) is 20.7. The highest BCUT2D eigenvalue weighted by atomic mass is 16.1. The molecule has 4 aliphatic rings. The van der Waals surface area contributed by atoms with Crippen molar-refractivity contribution in [3.8, 4) is 0 Å². The molecule has 1 nitrogen and oxygen atoms in total. The highest BCUT2D eigenvalue weighted by molar-refractivity contribution is 5.85. The summed E-state index contributed by atoms with van der Waals surface area (Å²) in [4.78, 5) is 13.3. The first-order valence-corrected chi connectivity index (χ1v) is 12.4. The molecule has 8 unspecified atom stereocenters. The minimum absolute atomic E-state index is 0.278. The number of ketones is 1. The molecule has 4 rings (SSSR count). The Morgan fingerprint density at radius 3 is 2.57 bits per heavy atom. The third-order valence-electron chi connectivity index (χ3n) is 10.2. The van der Waals surface area contributed by atoms with Gasteiger partial charge in [0.15, 0.2) is 0 Å². The van der Waals surface area contributed by atoms with E-state index < -0.39 is 0 Å². The van der Waals surface area contributed by atoms with Crippen molar-refractivity contribution in [3.05, 3.63) is 11.6 Å². The Morgan fingerprint density at radius 2 is 1.82 bits per heavy atom. The van der Waals surface area contributed by atoms with E-state index in [1.165, 1.54) is 63.4 Å². The van der Waals surface area contributed by atoms with Crippen molar-refractivity contribution in [1.82, 2.24) is 0 Å². The summed E-state index contributed by atoms with van der Waals surface area (Å²) in [6.45, 7) is 11.9. The molecule has 0 amide bonds. The number of carbonyl (C=O) groups excluding carboxylic acids is 1. The number of hydrogen-bond acceptors (Lipinski definition) is 1. The molecule has 0 saturated heterocycles. The predicted molar refractivity (Wildman–Crippen MR) is 118 cm³/mol. The van der Waals surface area contributed by atoms with Crippen LogP contribution in [0.3, 0.4) is 0 Å². The third kappa shape index (κ3) is 3.24. The Morgan fingerprint density at radius 1 is 1.04 bits per heavy atom. The lowest BCUT2D eigenvalue weighted by Gasteiger charge is -2.60. The quantitative estimate of drug-likeness (QED) is 0.456. The molecule has 0 radical (unpaired) electrons. The maximum atomic E-state index is 13.3. The highest BCUT2D eigenvalue weighted by Gasteiger charge is 2.62. The lowest BCUT2D eigenvalue weighted by molar-refractivity contribution is -0.126. The van der Waals surface area contributed by atoms with Crippen LogP contribution in [0.2, 0.25) is 0 Å². The zero-order valence-electron chi connectivity index (χ0n) is 19.2. The first-order valence-electron chi connectivity index (χ1n) is 12.4. The Hall–Kier alpha value is -0.590. The fourth-order valence-electron chi connectivity index (χ4n) is 8.89. The largest absolute Gasteiger partial charge is 0.299 e. The maximum absolute atomic E-state index is 13.3. The fraction of sp³-hybridized carbons (Fsp3) is 0.889. The van der Waals surface area contributed by atoms with Crippen molar-refractivity contribution in [2.45, 2.75) is 105 Å². The summed E-state index contributed by atoms with van der Waals surface area (Å²) in [5.41, 5.74) is 2.27. The summed E-state index contributed by atoms with van der Waals surface area (Å²) in [6, 6.07) is 0. The third-order valence-corrected chi connectivity index (χ3v) is 10.2. The summed E-state index contributed by atoms with van der Waals surface area (Å²) >= 11 is 0. The molecule has 0 N–H and O–H groups in total. The van der Waals surface area contributed by atoms with E-state index in [0.29, 0.717) is 29.0 Å². The molecule has 0 aliphatic heterocycles. The zero-order valence-corrected chi connectivity index (χ0v) is 19.2. The lowest BCUT2D eigenvalue weighted by Crippen LogP contribution is -2.53. The van der Waals surface area contributed by atoms with Crippen molar-refractivity contribution >= 4 is 5.78 Å². The van der Waals surface area contributed by atoms with E-state index >= 15 is 0 Å². The monoisotopic (exact) mass is 384 g/mol. The maximum Gasteiger partial charge on any atom is 0.137 e. The van der Waals surface area contributed by atoms with Gasteiger partial charge in [-0.25, -0.2) is 0 Å². The smallest absolute Gasteiger partial charge is 0.137 e. The number of carbonyl (C=O) groups is 1. The molecule has 4 fully saturated rings. The van der Waals surface area contributed by atoms with Gasteiger partial charge in [-0.15, -0.1) is 0 Å². The van der Waals surface area contributed by atoms with Gasteiger partial charge in [0.2, 0.25) is 0 Å². The van der Waals surface area contributed by atoms with Crippen LogP contribution >= 0.6 is 0 Å². The van der Waals surface area contributed by atoms with Crippen molar-refractivity contribution in [2.24, 2.45) is 46.3 Å². The number of rotatable bonds is 4. The fourth-order valence-corrected chi connectivity index (χ4v) is 8.89. The van der Waals surface area contributed by atoms with E-state index in [-0.39, 0.29) is 5.41 Å². The first-order chi connectivity index (χ1) is 13.3. The Balaban J connectivity index is 1.54. The van der Waals surface area contributed by atoms with E-state index in [2.05, 4.69) is 40.7 Å². The van der Waals surface area contributed by atoms with Crippen LogP contribution in [0.4, 0.5) is 0 Å². The molecule has 8 atom stereocenters. The second-order valence-corrected chi connectivity index (χ2v) is 11.9. The Bertz CT molecular complexity index is 628. The van der Waals surface area contributed by atoms with E-state index in [0.717, 1.165) is 30.6 Å². The van der Waals surface area contributed by atoms with Gasteiger partial charge >= 0.3 is 0 Å². The van der Waals surface area contributed by atoms with E-state index in [4.69, 9.17) is 0 Å². The normalized spacial score (nSPS) is 46.3. The van der Waals surface area contributed by atoms with Crippen molar-refractivity contribution in [2.75, 3.05) is 0 Å². The van der Waals surface area contributed by atoms with Gasteiger partial charge in [0.05, 0.1) is 0 Å². The van der Waals surface area contributed by atoms with Crippen LogP contribution in [0.15, 0.2) is 11.6 Å². The summed E-state index contributed by atoms with van der Waals surface area (Å²) in [5, 5.41) is 0. The molecule has 0 aromatic heterocycles. The van der Waals surface area contributed by atoms with E-state index in [1.54, 1.807) is 0 Å². The Labute approximate surface area is 174 Å². The van der Waals surface area contributed by atoms with Crippen LogP contribution in [0.1, 0.15) is 105 Å². The van der Waals surface area contributed by atoms with Crippen LogP contribution < -0.4 is 0 Å². The molecule has 0 aromatic rings. The van der Waals surface area contributed by atoms with Gasteiger partial charge in [-0.3, -0.25) is 4.79 Å². The van der Waals surface area contributed by atoms with Crippen LogP contribution in [0.5, 0.6) is 0 Å². The second-order valence-electron chi connectivity index (χ2n) is 11.9. The molecule has 1 heteroatoms. The lowest BCUT2D eigenvalue weighted by atomic mass is 9.44. The number of allylic oxidation sites excluding steroid dienone is 2. The van der Waals surface area contributed by atoms with Gasteiger partial charge in [0.1, 0.15) is 5.78 Å². The molecular weight excluding hydrogens is 340 g/mol. The Kier molecular flexibility index (Phi) is 5.60. The molecule has 0 spiro atoms. The SMILES string of the molecule is CC(C)=CCCC(C)C1C(=O)CC2C3CCC4CCCCC4(C)C3CCC21C. The molecule has 0 aromatic carbocycles. The van der Waals surface area contributed by atoms with Gasteiger partial charge in [-0.05, 0) is 106 Å². The van der Waals surface area contributed by atoms with Gasteiger partial charge < -0.3 is 0 Å². The number of fused-ring (bicyclic) bond motifs is 5. The van der Waals surface area contributed by atoms with Crippen molar-refractivity contribution in [1.29, 1.82) is 0 Å². The van der Waals surface area contributed by atoms with Gasteiger partial charge in [-0.1, -0.05) is 45.3 Å². The van der Waals surface area contributed by atoms with Crippen LogP contribution in [0, 0.1) is 46.3 Å². The minimum Gasteiger partial charge on any atom is -0.299 e. The number of Topliss-reactive ketones (excluding diaryl/α,β-unsaturated/α-hetero) is 1. The van der Waals surface area contributed by atoms with Crippen molar-refractivity contribution in [3.63, 3.8) is 0 Å². The predicted octanol–water partition coefficient (Wildman–Crippen LogP) is 7.60. The topological polar surface area (TPSA) is 17.1 Å². The van der Waals surface area contributed by atoms with Gasteiger partial charge in [-0.2, -0.15) is 0 Å². The molecule has 0 heterocycles. The molecule has 28 heavy (non-hydrogen) atoms. The summed E-state index contributed by atoms with van der Waals surface area (Å²) in [7, 11) is 0. The van der Waals surface area contributed by atoms with Crippen LogP contribution in [0.25, 0.3) is 0 Å². The molecule has 4 aliphatic carbocycles. The van der Waals surface area contributed by atoms with Gasteiger partial charge in [0, 0.05) is 12.3 Å². The van der Waals surface area contributed by atoms with E-state index in [1.807, 2.05) is 0 Å². The van der Waals surface area contributed by atoms with E-state index in [9.17, 15) is 4.79 Å². The molecule has 158 valence electrons. The van der Waals surface area contributed by atoms with Crippen LogP contribution in [-0.4, -0.2) is 5.78 Å². The van der Waals surface area contributed by atoms with Crippen LogP contribution in [-0.2, 0) is 4.79 Å². The highest BCUT2D eigenvalue weighted by Crippen LogP contribution is 2.67. The second kappa shape index (κ2) is 7.59. The van der Waals surface area contributed by atoms with Crippen molar-refractivity contribution < 1.29 is 4.79 Å². The molecular formula is C27H44O. The summed E-state index contributed by atoms with van der Waals surface area (Å²) in [6.07, 6.45) is 17.0. The average molecular weight is 385 g/mol. The molecule has 0 bridgehead atoms. The standard InChI is InChI=1S/C27H44O/c1-18(2)9-8-10-19(3)25-24(28)17-23-21-13-12-20-11-6-7-15-26(20,4)22(21)14-16-27(23,25)5/h9,19-23,25H,6-8,10-17H2,1-5H3. The summed E-state index contributed by atoms with van der Waals surface area (Å²) in [5.74, 6) is 4.86. The van der Waals surface area contributed by atoms with Gasteiger partial charge in [0.25, 0.3) is 0 Å². The minimum atomic E-state index is 0.278.